The Hall–Kier alpha value is -1.85. The van der Waals surface area contributed by atoms with Gasteiger partial charge in [0.1, 0.15) is 6.26 Å². The van der Waals surface area contributed by atoms with Crippen LogP contribution in [0, 0.1) is 11.8 Å². The van der Waals surface area contributed by atoms with Crippen molar-refractivity contribution in [2.45, 2.75) is 26.7 Å². The molecule has 110 valence electrons. The fourth-order valence-electron chi connectivity index (χ4n) is 2.35. The van der Waals surface area contributed by atoms with E-state index in [1.165, 1.54) is 6.26 Å². The quantitative estimate of drug-likeness (QED) is 0.901. The average Bonchev–Trinajstić information content (AvgIpc) is 2.98. The molecule has 1 N–H and O–H groups in total. The highest BCUT2D eigenvalue weighted by Crippen LogP contribution is 2.17. The maximum atomic E-state index is 12.2. The summed E-state index contributed by atoms with van der Waals surface area (Å²) >= 11 is 0. The molecule has 2 amide bonds. The second-order valence-electron chi connectivity index (χ2n) is 5.54. The number of carbonyl (C=O) groups is 2. The molecular weight excluding hydrogens is 258 g/mol. The van der Waals surface area contributed by atoms with E-state index >= 15 is 0 Å². The summed E-state index contributed by atoms with van der Waals surface area (Å²) in [5, 5.41) is 6.61. The van der Waals surface area contributed by atoms with Gasteiger partial charge in [0.05, 0.1) is 0 Å². The van der Waals surface area contributed by atoms with E-state index in [-0.39, 0.29) is 17.7 Å². The van der Waals surface area contributed by atoms with Gasteiger partial charge in [-0.05, 0) is 18.8 Å². The second kappa shape index (κ2) is 6.54. The summed E-state index contributed by atoms with van der Waals surface area (Å²) in [6.07, 6.45) is 3.38. The van der Waals surface area contributed by atoms with Crippen LogP contribution in [0.5, 0.6) is 0 Å². The number of likely N-dealkylation sites (tertiary alicyclic amines) is 1. The zero-order valence-electron chi connectivity index (χ0n) is 12.0. The second-order valence-corrected chi connectivity index (χ2v) is 5.54. The lowest BCUT2D eigenvalue weighted by atomic mass is 9.97. The van der Waals surface area contributed by atoms with Crippen LogP contribution in [0.1, 0.15) is 37.2 Å². The molecule has 6 nitrogen and oxygen atoms in total. The molecule has 2 heterocycles. The molecular formula is C14H21N3O3. The molecule has 1 fully saturated rings. The normalized spacial score (nSPS) is 19.1. The molecule has 6 heteroatoms. The zero-order chi connectivity index (χ0) is 14.5. The summed E-state index contributed by atoms with van der Waals surface area (Å²) in [6.45, 7) is 5.76. The van der Waals surface area contributed by atoms with Gasteiger partial charge < -0.3 is 14.7 Å². The lowest BCUT2D eigenvalue weighted by molar-refractivity contribution is -0.124. The maximum Gasteiger partial charge on any atom is 0.276 e. The third-order valence-corrected chi connectivity index (χ3v) is 3.55. The van der Waals surface area contributed by atoms with Gasteiger partial charge in [0, 0.05) is 31.6 Å². The van der Waals surface area contributed by atoms with Crippen LogP contribution >= 0.6 is 0 Å². The largest absolute Gasteiger partial charge is 0.364 e. The highest BCUT2D eigenvalue weighted by Gasteiger charge is 2.26. The van der Waals surface area contributed by atoms with Gasteiger partial charge in [-0.25, -0.2) is 0 Å². The van der Waals surface area contributed by atoms with Crippen molar-refractivity contribution in [3.63, 3.8) is 0 Å². The topological polar surface area (TPSA) is 75.4 Å². The molecule has 20 heavy (non-hydrogen) atoms. The first kappa shape index (κ1) is 14.6. The Morgan fingerprint density at radius 2 is 2.35 bits per heavy atom. The fourth-order valence-corrected chi connectivity index (χ4v) is 2.35. The molecule has 1 aromatic heterocycles. The van der Waals surface area contributed by atoms with Crippen molar-refractivity contribution < 1.29 is 14.1 Å². The standard InChI is InChI=1S/C14H21N3O3/c1-10(2)13(18)15-8-11-4-3-6-17(9-11)14(19)12-5-7-20-16-12/h5,7,10-11H,3-4,6,8-9H2,1-2H3,(H,15,18). The number of nitrogens with zero attached hydrogens (tertiary/aromatic N) is 2. The van der Waals surface area contributed by atoms with E-state index in [2.05, 4.69) is 10.5 Å². The van der Waals surface area contributed by atoms with Crippen LogP contribution in [0.3, 0.4) is 0 Å². The molecule has 0 saturated carbocycles. The minimum atomic E-state index is -0.0985. The van der Waals surface area contributed by atoms with E-state index in [1.54, 1.807) is 11.0 Å². The Balaban J connectivity index is 1.85. The summed E-state index contributed by atoms with van der Waals surface area (Å²) < 4.78 is 4.70. The first-order valence-corrected chi connectivity index (χ1v) is 7.05. The molecule has 0 bridgehead atoms. The summed E-state index contributed by atoms with van der Waals surface area (Å²) in [6, 6.07) is 1.58. The predicted molar refractivity (Wildman–Crippen MR) is 73.0 cm³/mol. The van der Waals surface area contributed by atoms with Gasteiger partial charge in [-0.2, -0.15) is 0 Å². The van der Waals surface area contributed by atoms with Crippen LogP contribution in [-0.2, 0) is 4.79 Å². The Bertz CT molecular complexity index is 456. The monoisotopic (exact) mass is 279 g/mol. The Morgan fingerprint density at radius 3 is 3.00 bits per heavy atom. The molecule has 0 aromatic carbocycles. The Kier molecular flexibility index (Phi) is 4.76. The molecule has 0 spiro atoms. The molecule has 0 aliphatic carbocycles. The van der Waals surface area contributed by atoms with Gasteiger partial charge in [-0.1, -0.05) is 19.0 Å². The average molecular weight is 279 g/mol. The zero-order valence-corrected chi connectivity index (χ0v) is 12.0. The lowest BCUT2D eigenvalue weighted by Crippen LogP contribution is -2.44. The van der Waals surface area contributed by atoms with Gasteiger partial charge in [0.25, 0.3) is 5.91 Å². The van der Waals surface area contributed by atoms with Crippen LogP contribution in [0.25, 0.3) is 0 Å². The van der Waals surface area contributed by atoms with Gasteiger partial charge in [-0.3, -0.25) is 9.59 Å². The summed E-state index contributed by atoms with van der Waals surface area (Å²) in [5.74, 6) is 0.261. The molecule has 1 aliphatic heterocycles. The number of carbonyl (C=O) groups excluding carboxylic acids is 2. The summed E-state index contributed by atoms with van der Waals surface area (Å²) in [7, 11) is 0. The first-order valence-electron chi connectivity index (χ1n) is 7.05. The molecule has 1 unspecified atom stereocenters. The lowest BCUT2D eigenvalue weighted by Gasteiger charge is -2.32. The minimum Gasteiger partial charge on any atom is -0.364 e. The third kappa shape index (κ3) is 3.59. The van der Waals surface area contributed by atoms with Crippen molar-refractivity contribution in [1.82, 2.24) is 15.4 Å². The van der Waals surface area contributed by atoms with Crippen LogP contribution < -0.4 is 5.32 Å². The van der Waals surface area contributed by atoms with Crippen molar-refractivity contribution in [2.75, 3.05) is 19.6 Å². The van der Waals surface area contributed by atoms with Crippen LogP contribution in [0.4, 0.5) is 0 Å². The predicted octanol–water partition coefficient (Wildman–Crippen LogP) is 1.30. The number of amides is 2. The van der Waals surface area contributed by atoms with E-state index in [0.29, 0.717) is 24.7 Å². The Morgan fingerprint density at radius 1 is 1.55 bits per heavy atom. The van der Waals surface area contributed by atoms with Crippen LogP contribution in [0.2, 0.25) is 0 Å². The van der Waals surface area contributed by atoms with E-state index in [4.69, 9.17) is 4.52 Å². The van der Waals surface area contributed by atoms with E-state index in [0.717, 1.165) is 19.4 Å². The van der Waals surface area contributed by atoms with E-state index in [9.17, 15) is 9.59 Å². The SMILES string of the molecule is CC(C)C(=O)NCC1CCCN(C(=O)c2ccon2)C1. The first-order chi connectivity index (χ1) is 9.58. The van der Waals surface area contributed by atoms with Crippen molar-refractivity contribution in [1.29, 1.82) is 0 Å². The van der Waals surface area contributed by atoms with Gasteiger partial charge >= 0.3 is 0 Å². The van der Waals surface area contributed by atoms with Crippen molar-refractivity contribution in [3.8, 4) is 0 Å². The van der Waals surface area contributed by atoms with Gasteiger partial charge in [0.2, 0.25) is 5.91 Å². The Labute approximate surface area is 118 Å². The number of piperidine rings is 1. The van der Waals surface area contributed by atoms with Gasteiger partial charge in [-0.15, -0.1) is 0 Å². The number of nitrogens with one attached hydrogen (secondary N) is 1. The molecule has 1 aliphatic rings. The maximum absolute atomic E-state index is 12.2. The van der Waals surface area contributed by atoms with Crippen LogP contribution in [0.15, 0.2) is 16.9 Å². The van der Waals surface area contributed by atoms with Crippen LogP contribution in [-0.4, -0.2) is 41.5 Å². The minimum absolute atomic E-state index is 0.00791. The molecule has 1 atom stereocenters. The molecule has 1 saturated heterocycles. The van der Waals surface area contributed by atoms with Gasteiger partial charge in [0.15, 0.2) is 5.69 Å². The number of hydrogen-bond acceptors (Lipinski definition) is 4. The van der Waals surface area contributed by atoms with Crippen molar-refractivity contribution >= 4 is 11.8 Å². The smallest absolute Gasteiger partial charge is 0.276 e. The van der Waals surface area contributed by atoms with E-state index in [1.807, 2.05) is 13.8 Å². The number of hydrogen-bond donors (Lipinski definition) is 1. The summed E-state index contributed by atoms with van der Waals surface area (Å²) in [5.41, 5.74) is 0.344. The highest BCUT2D eigenvalue weighted by molar-refractivity contribution is 5.92. The highest BCUT2D eigenvalue weighted by atomic mass is 16.5. The molecule has 2 rings (SSSR count). The molecule has 0 radical (unpaired) electrons. The van der Waals surface area contributed by atoms with Crippen molar-refractivity contribution in [3.05, 3.63) is 18.0 Å². The van der Waals surface area contributed by atoms with Crippen molar-refractivity contribution in [2.24, 2.45) is 11.8 Å². The molecule has 1 aromatic rings. The fraction of sp³-hybridized carbons (Fsp3) is 0.643. The number of aromatic nitrogens is 1. The number of rotatable bonds is 4. The third-order valence-electron chi connectivity index (χ3n) is 3.55. The van der Waals surface area contributed by atoms with E-state index < -0.39 is 0 Å². The summed E-state index contributed by atoms with van der Waals surface area (Å²) in [4.78, 5) is 25.5.